The Hall–Kier alpha value is -1.83. The van der Waals surface area contributed by atoms with Crippen molar-refractivity contribution >= 4 is 33.5 Å². The molecule has 0 radical (unpaired) electrons. The molecule has 0 saturated heterocycles. The van der Waals surface area contributed by atoms with E-state index in [4.69, 9.17) is 4.74 Å². The Balaban J connectivity index is 1.64. The number of urea groups is 1. The quantitative estimate of drug-likeness (QED) is 0.648. The standard InChI is InChI=1S/C21H34N4O3S/c1-3-28-19(26)15-24(2)18-14-22-20(29-18)23-21(27)25(16-10-6-4-7-11-16)17-12-8-5-9-13-17/h14,16-17H,3-13,15H2,1-2H3,(H,22,23,27). The lowest BCUT2D eigenvalue weighted by Gasteiger charge is -2.41. The highest BCUT2D eigenvalue weighted by molar-refractivity contribution is 7.19. The number of likely N-dealkylation sites (N-methyl/N-ethyl adjacent to an activating group) is 1. The monoisotopic (exact) mass is 422 g/mol. The van der Waals surface area contributed by atoms with E-state index in [1.165, 1.54) is 49.9 Å². The molecule has 1 aromatic heterocycles. The SMILES string of the molecule is CCOC(=O)CN(C)c1cnc(NC(=O)N(C2CCCCC2)C2CCCCC2)s1. The van der Waals surface area contributed by atoms with Crippen molar-refractivity contribution in [2.75, 3.05) is 30.4 Å². The average Bonchev–Trinajstić information content (AvgIpc) is 3.18. The molecule has 2 amide bonds. The third kappa shape index (κ3) is 6.07. The van der Waals surface area contributed by atoms with Crippen LogP contribution in [0.25, 0.3) is 0 Å². The predicted molar refractivity (Wildman–Crippen MR) is 117 cm³/mol. The zero-order valence-electron chi connectivity index (χ0n) is 17.7. The van der Waals surface area contributed by atoms with Gasteiger partial charge in [0.25, 0.3) is 0 Å². The fourth-order valence-electron chi connectivity index (χ4n) is 4.48. The molecule has 8 heteroatoms. The summed E-state index contributed by atoms with van der Waals surface area (Å²) >= 11 is 1.39. The smallest absolute Gasteiger partial charge is 0.325 e. The van der Waals surface area contributed by atoms with E-state index >= 15 is 0 Å². The van der Waals surface area contributed by atoms with E-state index in [9.17, 15) is 9.59 Å². The molecule has 3 rings (SSSR count). The van der Waals surface area contributed by atoms with Crippen LogP contribution in [-0.4, -0.2) is 54.2 Å². The molecule has 1 heterocycles. The molecule has 2 saturated carbocycles. The van der Waals surface area contributed by atoms with Crippen LogP contribution in [0.2, 0.25) is 0 Å². The molecule has 7 nitrogen and oxygen atoms in total. The van der Waals surface area contributed by atoms with E-state index < -0.39 is 0 Å². The minimum atomic E-state index is -0.269. The minimum absolute atomic E-state index is 0.0160. The van der Waals surface area contributed by atoms with E-state index in [0.29, 0.717) is 23.8 Å². The maximum absolute atomic E-state index is 13.2. The van der Waals surface area contributed by atoms with Crippen LogP contribution in [0, 0.1) is 0 Å². The number of nitrogens with zero attached hydrogens (tertiary/aromatic N) is 3. The lowest BCUT2D eigenvalue weighted by molar-refractivity contribution is -0.141. The highest BCUT2D eigenvalue weighted by Gasteiger charge is 2.32. The molecule has 2 fully saturated rings. The normalized spacial score (nSPS) is 18.3. The van der Waals surface area contributed by atoms with E-state index in [2.05, 4.69) is 15.2 Å². The van der Waals surface area contributed by atoms with E-state index in [0.717, 1.165) is 30.7 Å². The Kier molecular flexibility index (Phi) is 8.15. The molecule has 1 aromatic rings. The topological polar surface area (TPSA) is 74.8 Å². The third-order valence-electron chi connectivity index (χ3n) is 5.93. The number of hydrogen-bond acceptors (Lipinski definition) is 6. The zero-order valence-corrected chi connectivity index (χ0v) is 18.5. The molecule has 2 aliphatic carbocycles. The second kappa shape index (κ2) is 10.8. The molecule has 29 heavy (non-hydrogen) atoms. The first-order valence-corrected chi connectivity index (χ1v) is 11.8. The van der Waals surface area contributed by atoms with Gasteiger partial charge in [-0.15, -0.1) is 0 Å². The summed E-state index contributed by atoms with van der Waals surface area (Å²) in [6.45, 7) is 2.33. The fourth-order valence-corrected chi connectivity index (χ4v) is 5.25. The van der Waals surface area contributed by atoms with Gasteiger partial charge in [-0.25, -0.2) is 9.78 Å². The van der Waals surface area contributed by atoms with Gasteiger partial charge < -0.3 is 14.5 Å². The fraction of sp³-hybridized carbons (Fsp3) is 0.762. The van der Waals surface area contributed by atoms with Gasteiger partial charge in [-0.3, -0.25) is 10.1 Å². The van der Waals surface area contributed by atoms with Gasteiger partial charge in [0, 0.05) is 19.1 Å². The van der Waals surface area contributed by atoms with Crippen LogP contribution in [0.4, 0.5) is 14.9 Å². The van der Waals surface area contributed by atoms with E-state index in [1.807, 2.05) is 7.05 Å². The van der Waals surface area contributed by atoms with Crippen molar-refractivity contribution in [2.24, 2.45) is 0 Å². The Morgan fingerprint density at radius 2 is 1.69 bits per heavy atom. The highest BCUT2D eigenvalue weighted by atomic mass is 32.1. The molecule has 0 atom stereocenters. The van der Waals surface area contributed by atoms with Crippen LogP contribution < -0.4 is 10.2 Å². The number of thiazole rings is 1. The first kappa shape index (κ1) is 21.9. The first-order chi connectivity index (χ1) is 14.1. The summed E-state index contributed by atoms with van der Waals surface area (Å²) in [7, 11) is 1.83. The van der Waals surface area contributed by atoms with E-state index in [-0.39, 0.29) is 18.5 Å². The number of amides is 2. The van der Waals surface area contributed by atoms with Crippen LogP contribution in [0.1, 0.15) is 71.1 Å². The Labute approximate surface area is 177 Å². The first-order valence-electron chi connectivity index (χ1n) is 11.0. The molecular weight excluding hydrogens is 388 g/mol. The molecule has 162 valence electrons. The zero-order chi connectivity index (χ0) is 20.6. The highest BCUT2D eigenvalue weighted by Crippen LogP contribution is 2.32. The summed E-state index contributed by atoms with van der Waals surface area (Å²) < 4.78 is 5.00. The number of anilines is 2. The average molecular weight is 423 g/mol. The number of carbonyl (C=O) groups excluding carboxylic acids is 2. The van der Waals surface area contributed by atoms with Crippen molar-refractivity contribution in [2.45, 2.75) is 83.2 Å². The number of hydrogen-bond donors (Lipinski definition) is 1. The van der Waals surface area contributed by atoms with Gasteiger partial charge in [-0.05, 0) is 32.6 Å². The Morgan fingerprint density at radius 3 is 2.24 bits per heavy atom. The summed E-state index contributed by atoms with van der Waals surface area (Å²) in [6.07, 6.45) is 13.5. The Bertz CT molecular complexity index is 651. The van der Waals surface area contributed by atoms with Gasteiger partial charge in [-0.2, -0.15) is 0 Å². The summed E-state index contributed by atoms with van der Waals surface area (Å²) in [5.41, 5.74) is 0. The number of nitrogens with one attached hydrogen (secondary N) is 1. The van der Waals surface area contributed by atoms with Crippen molar-refractivity contribution in [3.8, 4) is 0 Å². The van der Waals surface area contributed by atoms with Gasteiger partial charge in [-0.1, -0.05) is 49.9 Å². The second-order valence-electron chi connectivity index (χ2n) is 8.09. The van der Waals surface area contributed by atoms with Crippen molar-refractivity contribution < 1.29 is 14.3 Å². The largest absolute Gasteiger partial charge is 0.465 e. The molecule has 0 aromatic carbocycles. The number of carbonyl (C=O) groups is 2. The number of rotatable bonds is 7. The molecule has 2 aliphatic rings. The maximum atomic E-state index is 13.2. The number of ether oxygens (including phenoxy) is 1. The minimum Gasteiger partial charge on any atom is -0.465 e. The maximum Gasteiger partial charge on any atom is 0.325 e. The molecule has 0 bridgehead atoms. The molecule has 0 unspecified atom stereocenters. The van der Waals surface area contributed by atoms with Gasteiger partial charge in [0.1, 0.15) is 11.5 Å². The van der Waals surface area contributed by atoms with Crippen LogP contribution in [0.3, 0.4) is 0 Å². The molecule has 0 spiro atoms. The van der Waals surface area contributed by atoms with Crippen LogP contribution in [0.15, 0.2) is 6.20 Å². The van der Waals surface area contributed by atoms with Crippen LogP contribution >= 0.6 is 11.3 Å². The summed E-state index contributed by atoms with van der Waals surface area (Å²) in [5, 5.41) is 4.45. The van der Waals surface area contributed by atoms with Crippen molar-refractivity contribution in [1.82, 2.24) is 9.88 Å². The summed E-state index contributed by atoms with van der Waals surface area (Å²) in [6, 6.07) is 0.674. The van der Waals surface area contributed by atoms with Crippen LogP contribution in [-0.2, 0) is 9.53 Å². The van der Waals surface area contributed by atoms with Gasteiger partial charge in [0.15, 0.2) is 5.13 Å². The van der Waals surface area contributed by atoms with E-state index in [1.54, 1.807) is 18.0 Å². The Morgan fingerprint density at radius 1 is 1.10 bits per heavy atom. The predicted octanol–water partition coefficient (Wildman–Crippen LogP) is 4.64. The van der Waals surface area contributed by atoms with Crippen LogP contribution in [0.5, 0.6) is 0 Å². The van der Waals surface area contributed by atoms with Crippen molar-refractivity contribution in [3.05, 3.63) is 6.20 Å². The molecular formula is C21H34N4O3S. The summed E-state index contributed by atoms with van der Waals surface area (Å²) in [5.74, 6) is -0.269. The molecule has 0 aliphatic heterocycles. The van der Waals surface area contributed by atoms with Crippen molar-refractivity contribution in [3.63, 3.8) is 0 Å². The molecule has 1 N–H and O–H groups in total. The van der Waals surface area contributed by atoms with Gasteiger partial charge >= 0.3 is 12.0 Å². The van der Waals surface area contributed by atoms with Crippen molar-refractivity contribution in [1.29, 1.82) is 0 Å². The number of esters is 1. The van der Waals surface area contributed by atoms with Gasteiger partial charge in [0.05, 0.1) is 12.8 Å². The summed E-state index contributed by atoms with van der Waals surface area (Å²) in [4.78, 5) is 33.2. The third-order valence-corrected chi connectivity index (χ3v) is 6.95. The second-order valence-corrected chi connectivity index (χ2v) is 9.09. The number of aromatic nitrogens is 1. The van der Waals surface area contributed by atoms with Gasteiger partial charge in [0.2, 0.25) is 0 Å². The lowest BCUT2D eigenvalue weighted by Crippen LogP contribution is -2.50. The lowest BCUT2D eigenvalue weighted by atomic mass is 9.89.